The summed E-state index contributed by atoms with van der Waals surface area (Å²) in [5.41, 5.74) is -1.47. The highest BCUT2D eigenvalue weighted by Gasteiger charge is 2.52. The number of hydrogen-bond acceptors (Lipinski definition) is 16. The summed E-state index contributed by atoms with van der Waals surface area (Å²) in [7, 11) is 9.03. The van der Waals surface area contributed by atoms with E-state index < -0.39 is 110 Å². The number of aliphatic hydroxyl groups is 4. The maximum atomic E-state index is 13.1. The number of hydrogen-bond donors (Lipinski definition) is 4. The van der Waals surface area contributed by atoms with Crippen LogP contribution in [0.2, 0.25) is 0 Å². The molecule has 59 heavy (non-hydrogen) atoms. The van der Waals surface area contributed by atoms with E-state index >= 15 is 0 Å². The van der Waals surface area contributed by atoms with Gasteiger partial charge in [-0.3, -0.25) is 4.79 Å². The lowest BCUT2D eigenvalue weighted by atomic mass is 9.82. The Hall–Kier alpha value is -1.90. The van der Waals surface area contributed by atoms with E-state index in [9.17, 15) is 30.0 Å². The van der Waals surface area contributed by atoms with Crippen LogP contribution in [0.25, 0.3) is 0 Å². The van der Waals surface area contributed by atoms with Gasteiger partial charge in [-0.25, -0.2) is 0 Å². The fraction of sp³-hybridized carbons (Fsp3) is 0.860. The van der Waals surface area contributed by atoms with E-state index in [4.69, 9.17) is 37.9 Å². The molecule has 4 rings (SSSR count). The minimum Gasteiger partial charge on any atom is -0.462 e. The molecule has 12 unspecified atom stereocenters. The van der Waals surface area contributed by atoms with E-state index in [0.29, 0.717) is 19.3 Å². The molecular weight excluding hydrogens is 768 g/mol. The standard InChI is InChI=1S/C43H74N2O14/c1-24-21-29(19-20-46)39(59-42-37(49)36(45(9)10)38(27(4)56-42)58-35-23-43(6,51)41(50)28(5)55-35)40(52-11)31(47)22-33(48)53-25(2)15-13-12-14-16-32(24)57-34-18-17-30(44(7)8)26(3)54-34/h12-14,16,20,24-32,34-42,47,49-51H,15,17-19,21-23H2,1-11H3/b13-12+,16-14+/t24-,25-,26?,27?,28?,29+,30?,31-,32-,34?,35?,36?,37?,38?,39+,40+,41?,42?,43?/m1/s1. The zero-order valence-electron chi connectivity index (χ0n) is 37.0. The largest absolute Gasteiger partial charge is 0.462 e. The first-order valence-electron chi connectivity index (χ1n) is 21.3. The molecule has 340 valence electrons. The topological polar surface area (TPSA) is 195 Å². The Morgan fingerprint density at radius 3 is 2.17 bits per heavy atom. The Morgan fingerprint density at radius 1 is 0.864 bits per heavy atom. The number of methoxy groups -OCH3 is 1. The number of rotatable bonds is 11. The second kappa shape index (κ2) is 22.5. The monoisotopic (exact) mass is 843 g/mol. The molecule has 16 nitrogen and oxygen atoms in total. The third-order valence-electron chi connectivity index (χ3n) is 12.4. The van der Waals surface area contributed by atoms with Gasteiger partial charge in [-0.2, -0.15) is 0 Å². The van der Waals surface area contributed by atoms with Crippen LogP contribution in [0.4, 0.5) is 0 Å². The molecule has 0 aromatic carbocycles. The molecule has 19 atom stereocenters. The molecule has 0 saturated carbocycles. The first kappa shape index (κ1) is 49.8. The van der Waals surface area contributed by atoms with Crippen molar-refractivity contribution >= 4 is 12.3 Å². The van der Waals surface area contributed by atoms with Gasteiger partial charge in [0.25, 0.3) is 0 Å². The van der Waals surface area contributed by atoms with E-state index in [1.807, 2.05) is 52.2 Å². The summed E-state index contributed by atoms with van der Waals surface area (Å²) in [5.74, 6) is -1.47. The number of ether oxygens (including phenoxy) is 8. The lowest BCUT2D eigenvalue weighted by molar-refractivity contribution is -0.344. The van der Waals surface area contributed by atoms with Gasteiger partial charge < -0.3 is 72.9 Å². The fourth-order valence-electron chi connectivity index (χ4n) is 9.10. The number of esters is 1. The Bertz CT molecular complexity index is 1370. The van der Waals surface area contributed by atoms with Crippen LogP contribution >= 0.6 is 0 Å². The normalized spacial score (nSPS) is 45.8. The second-order valence-electron chi connectivity index (χ2n) is 17.8. The van der Waals surface area contributed by atoms with Gasteiger partial charge in [0.05, 0.1) is 54.7 Å². The van der Waals surface area contributed by atoms with Crippen LogP contribution in [-0.2, 0) is 47.5 Å². The Kier molecular flexibility index (Phi) is 18.9. The molecule has 4 heterocycles. The first-order chi connectivity index (χ1) is 27.8. The number of cyclic esters (lactones) is 1. The Morgan fingerprint density at radius 2 is 1.56 bits per heavy atom. The average Bonchev–Trinajstić information content (AvgIpc) is 3.13. The average molecular weight is 843 g/mol. The smallest absolute Gasteiger partial charge is 0.308 e. The number of carbonyl (C=O) groups excluding carboxylic acids is 2. The minimum absolute atomic E-state index is 0.00885. The van der Waals surface area contributed by atoms with Crippen molar-refractivity contribution in [1.29, 1.82) is 0 Å². The molecule has 4 aliphatic heterocycles. The molecule has 0 aromatic heterocycles. The molecule has 0 aliphatic carbocycles. The van der Waals surface area contributed by atoms with Crippen molar-refractivity contribution in [2.45, 2.75) is 190 Å². The molecule has 0 amide bonds. The van der Waals surface area contributed by atoms with Gasteiger partial charge in [-0.05, 0) is 93.9 Å². The van der Waals surface area contributed by atoms with Crippen molar-refractivity contribution in [2.24, 2.45) is 11.8 Å². The van der Waals surface area contributed by atoms with Crippen LogP contribution in [-0.4, -0.2) is 181 Å². The highest BCUT2D eigenvalue weighted by molar-refractivity contribution is 5.70. The van der Waals surface area contributed by atoms with E-state index in [-0.39, 0.29) is 30.9 Å². The Balaban J connectivity index is 1.66. The highest BCUT2D eigenvalue weighted by Crippen LogP contribution is 2.37. The molecule has 4 N–H and O–H groups in total. The van der Waals surface area contributed by atoms with Crippen LogP contribution in [0.3, 0.4) is 0 Å². The lowest BCUT2D eigenvalue weighted by Crippen LogP contribution is -2.65. The molecule has 3 fully saturated rings. The molecule has 3 saturated heterocycles. The van der Waals surface area contributed by atoms with Gasteiger partial charge in [0.15, 0.2) is 18.9 Å². The molecular formula is C43H74N2O14. The van der Waals surface area contributed by atoms with Crippen LogP contribution in [0.1, 0.15) is 86.5 Å². The van der Waals surface area contributed by atoms with Crippen molar-refractivity contribution in [2.75, 3.05) is 35.3 Å². The minimum atomic E-state index is -1.47. The van der Waals surface area contributed by atoms with Gasteiger partial charge in [0, 0.05) is 32.4 Å². The maximum Gasteiger partial charge on any atom is 0.308 e. The number of likely N-dealkylation sites (N-methyl/N-ethyl adjacent to an activating group) is 2. The van der Waals surface area contributed by atoms with E-state index in [0.717, 1.165) is 12.7 Å². The number of allylic oxidation sites excluding steroid dienone is 2. The molecule has 16 heteroatoms. The summed E-state index contributed by atoms with van der Waals surface area (Å²) in [6.45, 7) is 10.8. The second-order valence-corrected chi connectivity index (χ2v) is 17.8. The fourth-order valence-corrected chi connectivity index (χ4v) is 9.10. The van der Waals surface area contributed by atoms with Crippen LogP contribution in [0.5, 0.6) is 0 Å². The van der Waals surface area contributed by atoms with Crippen molar-refractivity contribution in [1.82, 2.24) is 9.80 Å². The summed E-state index contributed by atoms with van der Waals surface area (Å²) >= 11 is 0. The van der Waals surface area contributed by atoms with Crippen molar-refractivity contribution in [3.63, 3.8) is 0 Å². The summed E-state index contributed by atoms with van der Waals surface area (Å²) in [4.78, 5) is 29.5. The van der Waals surface area contributed by atoms with Gasteiger partial charge in [0.2, 0.25) is 0 Å². The number of nitrogens with zero attached hydrogens (tertiary/aromatic N) is 2. The third-order valence-corrected chi connectivity index (χ3v) is 12.4. The SMILES string of the molecule is CO[C@@H]1[C@@H](OC2OC(C)C(OC3CC(C)(O)C(O)C(C)O3)C(N(C)C)C2O)[C@@H](CC=O)C[C@@H](C)[C@H](OC2CCC(N(C)C)C(C)O2)/C=C/C=C/C[C@@H](C)OC(=O)C[C@H]1O. The summed E-state index contributed by atoms with van der Waals surface area (Å²) in [6.07, 6.45) is -1.56. The predicted octanol–water partition coefficient (Wildman–Crippen LogP) is 2.33. The number of carbonyl (C=O) groups is 2. The van der Waals surface area contributed by atoms with Gasteiger partial charge in [-0.1, -0.05) is 31.2 Å². The maximum absolute atomic E-state index is 13.1. The highest BCUT2D eigenvalue weighted by atomic mass is 16.7. The predicted molar refractivity (Wildman–Crippen MR) is 217 cm³/mol. The molecule has 0 radical (unpaired) electrons. The van der Waals surface area contributed by atoms with Gasteiger partial charge in [0.1, 0.15) is 36.8 Å². The van der Waals surface area contributed by atoms with Gasteiger partial charge >= 0.3 is 5.97 Å². The molecule has 0 aromatic rings. The van der Waals surface area contributed by atoms with Crippen molar-refractivity contribution in [3.05, 3.63) is 24.3 Å². The van der Waals surface area contributed by atoms with Crippen LogP contribution in [0.15, 0.2) is 24.3 Å². The van der Waals surface area contributed by atoms with Crippen molar-refractivity contribution < 1.29 is 67.9 Å². The van der Waals surface area contributed by atoms with Crippen LogP contribution in [0, 0.1) is 11.8 Å². The number of aliphatic hydroxyl groups excluding tert-OH is 3. The number of aldehydes is 1. The summed E-state index contributed by atoms with van der Waals surface area (Å²) in [5, 5.41) is 45.1. The molecule has 0 spiro atoms. The zero-order chi connectivity index (χ0) is 43.8. The van der Waals surface area contributed by atoms with E-state index in [1.165, 1.54) is 14.0 Å². The first-order valence-corrected chi connectivity index (χ1v) is 21.3. The Labute approximate surface area is 351 Å². The van der Waals surface area contributed by atoms with Crippen molar-refractivity contribution in [3.8, 4) is 0 Å². The van der Waals surface area contributed by atoms with Crippen LogP contribution < -0.4 is 0 Å². The van der Waals surface area contributed by atoms with E-state index in [2.05, 4.69) is 4.90 Å². The quantitative estimate of drug-likeness (QED) is 0.175. The van der Waals surface area contributed by atoms with Gasteiger partial charge in [-0.15, -0.1) is 0 Å². The third kappa shape index (κ3) is 13.3. The van der Waals surface area contributed by atoms with E-state index in [1.54, 1.807) is 39.8 Å². The summed E-state index contributed by atoms with van der Waals surface area (Å²) < 4.78 is 50.0. The zero-order valence-corrected chi connectivity index (χ0v) is 37.0. The molecule has 0 bridgehead atoms. The molecule has 4 aliphatic rings. The summed E-state index contributed by atoms with van der Waals surface area (Å²) in [6, 6.07) is -0.466. The lowest BCUT2D eigenvalue weighted by Gasteiger charge is -2.50.